The largest absolute Gasteiger partial charge is 0.467 e. The van der Waals surface area contributed by atoms with Crippen LogP contribution in [0.5, 0.6) is 0 Å². The van der Waals surface area contributed by atoms with Crippen LogP contribution in [0, 0.1) is 6.92 Å². The molecule has 110 valence electrons. The summed E-state index contributed by atoms with van der Waals surface area (Å²) in [6.45, 7) is 4.01. The Balaban J connectivity index is 1.88. The van der Waals surface area contributed by atoms with Crippen molar-refractivity contribution in [3.63, 3.8) is 0 Å². The van der Waals surface area contributed by atoms with Crippen LogP contribution in [0.15, 0.2) is 51.8 Å². The molecule has 0 spiro atoms. The van der Waals surface area contributed by atoms with E-state index in [0.29, 0.717) is 0 Å². The van der Waals surface area contributed by atoms with E-state index in [0.717, 1.165) is 23.1 Å². The molecule has 5 nitrogen and oxygen atoms in total. The standard InChI is InChI=1S/C16H19N3O2/c1-11-6-7-13(21-11)12(2)18-15(14-5-4-10-20-14)16-17-8-9-19(16)3/h4-10,12,15,18H,1-3H3. The minimum atomic E-state index is -0.125. The number of aromatic nitrogens is 2. The molecule has 0 aliphatic rings. The van der Waals surface area contributed by atoms with Crippen LogP contribution < -0.4 is 5.32 Å². The van der Waals surface area contributed by atoms with Crippen LogP contribution in [0.4, 0.5) is 0 Å². The second kappa shape index (κ2) is 5.61. The molecule has 3 aromatic heterocycles. The van der Waals surface area contributed by atoms with Gasteiger partial charge in [-0.25, -0.2) is 4.98 Å². The molecular weight excluding hydrogens is 266 g/mol. The highest BCUT2D eigenvalue weighted by Gasteiger charge is 2.24. The highest BCUT2D eigenvalue weighted by molar-refractivity contribution is 5.18. The van der Waals surface area contributed by atoms with Crippen molar-refractivity contribution >= 4 is 0 Å². The first-order valence-corrected chi connectivity index (χ1v) is 6.98. The van der Waals surface area contributed by atoms with Crippen molar-refractivity contribution in [2.45, 2.75) is 25.9 Å². The molecule has 0 saturated heterocycles. The van der Waals surface area contributed by atoms with Gasteiger partial charge < -0.3 is 13.4 Å². The third-order valence-electron chi connectivity index (χ3n) is 3.55. The van der Waals surface area contributed by atoms with E-state index in [9.17, 15) is 0 Å². The molecule has 1 N–H and O–H groups in total. The summed E-state index contributed by atoms with van der Waals surface area (Å²) in [6, 6.07) is 7.72. The number of furan rings is 2. The fourth-order valence-electron chi connectivity index (χ4n) is 2.41. The predicted octanol–water partition coefficient (Wildman–Crippen LogP) is 3.35. The van der Waals surface area contributed by atoms with E-state index in [1.165, 1.54) is 0 Å². The smallest absolute Gasteiger partial charge is 0.133 e. The van der Waals surface area contributed by atoms with Gasteiger partial charge in [0.25, 0.3) is 0 Å². The summed E-state index contributed by atoms with van der Waals surface area (Å²) in [6.07, 6.45) is 5.39. The molecule has 0 aliphatic carbocycles. The molecule has 0 aromatic carbocycles. The molecule has 5 heteroatoms. The van der Waals surface area contributed by atoms with E-state index in [4.69, 9.17) is 8.83 Å². The molecule has 0 amide bonds. The van der Waals surface area contributed by atoms with E-state index in [1.807, 2.05) is 49.0 Å². The SMILES string of the molecule is Cc1ccc(C(C)NC(c2ccco2)c2nccn2C)o1. The Bertz CT molecular complexity index is 697. The minimum Gasteiger partial charge on any atom is -0.467 e. The van der Waals surface area contributed by atoms with Gasteiger partial charge in [0.1, 0.15) is 29.1 Å². The van der Waals surface area contributed by atoms with Crippen molar-refractivity contribution in [1.82, 2.24) is 14.9 Å². The van der Waals surface area contributed by atoms with E-state index < -0.39 is 0 Å². The summed E-state index contributed by atoms with van der Waals surface area (Å²) in [4.78, 5) is 4.43. The Morgan fingerprint density at radius 2 is 2.10 bits per heavy atom. The maximum Gasteiger partial charge on any atom is 0.133 e. The van der Waals surface area contributed by atoms with Gasteiger partial charge in [-0.3, -0.25) is 5.32 Å². The molecule has 0 bridgehead atoms. The monoisotopic (exact) mass is 285 g/mol. The van der Waals surface area contributed by atoms with E-state index >= 15 is 0 Å². The lowest BCUT2D eigenvalue weighted by atomic mass is 10.1. The topological polar surface area (TPSA) is 56.1 Å². The molecular formula is C16H19N3O2. The van der Waals surface area contributed by atoms with Crippen LogP contribution >= 0.6 is 0 Å². The first-order valence-electron chi connectivity index (χ1n) is 6.98. The van der Waals surface area contributed by atoms with E-state index in [1.54, 1.807) is 12.5 Å². The van der Waals surface area contributed by atoms with Gasteiger partial charge in [-0.15, -0.1) is 0 Å². The van der Waals surface area contributed by atoms with E-state index in [-0.39, 0.29) is 12.1 Å². The second-order valence-corrected chi connectivity index (χ2v) is 5.18. The van der Waals surface area contributed by atoms with Crippen LogP contribution in [-0.2, 0) is 7.05 Å². The molecule has 2 atom stereocenters. The molecule has 0 fully saturated rings. The average molecular weight is 285 g/mol. The van der Waals surface area contributed by atoms with Gasteiger partial charge in [0.15, 0.2) is 0 Å². The van der Waals surface area contributed by atoms with Gasteiger partial charge in [-0.05, 0) is 38.1 Å². The van der Waals surface area contributed by atoms with Gasteiger partial charge in [0, 0.05) is 19.4 Å². The number of rotatable bonds is 5. The zero-order chi connectivity index (χ0) is 14.8. The Hall–Kier alpha value is -2.27. The Morgan fingerprint density at radius 3 is 2.67 bits per heavy atom. The highest BCUT2D eigenvalue weighted by atomic mass is 16.3. The van der Waals surface area contributed by atoms with Gasteiger partial charge >= 0.3 is 0 Å². The maximum atomic E-state index is 5.69. The molecule has 3 rings (SSSR count). The van der Waals surface area contributed by atoms with Crippen molar-refractivity contribution in [1.29, 1.82) is 0 Å². The van der Waals surface area contributed by atoms with Crippen LogP contribution in [0.1, 0.15) is 42.1 Å². The fourth-order valence-corrected chi connectivity index (χ4v) is 2.41. The molecule has 3 aromatic rings. The Morgan fingerprint density at radius 1 is 1.24 bits per heavy atom. The van der Waals surface area contributed by atoms with Gasteiger partial charge in [0.05, 0.1) is 12.3 Å². The van der Waals surface area contributed by atoms with E-state index in [2.05, 4.69) is 17.2 Å². The summed E-state index contributed by atoms with van der Waals surface area (Å²) in [5.74, 6) is 3.54. The normalized spacial score (nSPS) is 14.2. The summed E-state index contributed by atoms with van der Waals surface area (Å²) < 4.78 is 13.2. The fraction of sp³-hybridized carbons (Fsp3) is 0.312. The number of imidazole rings is 1. The predicted molar refractivity (Wildman–Crippen MR) is 78.8 cm³/mol. The average Bonchev–Trinajstić information content (AvgIpc) is 3.17. The zero-order valence-corrected chi connectivity index (χ0v) is 12.4. The summed E-state index contributed by atoms with van der Waals surface area (Å²) >= 11 is 0. The molecule has 2 unspecified atom stereocenters. The highest BCUT2D eigenvalue weighted by Crippen LogP contribution is 2.25. The lowest BCUT2D eigenvalue weighted by Gasteiger charge is -2.20. The first kappa shape index (κ1) is 13.7. The molecule has 0 radical (unpaired) electrons. The first-order chi connectivity index (χ1) is 10.1. The van der Waals surface area contributed by atoms with Crippen LogP contribution in [0.3, 0.4) is 0 Å². The second-order valence-electron chi connectivity index (χ2n) is 5.18. The number of nitrogens with one attached hydrogen (secondary N) is 1. The van der Waals surface area contributed by atoms with Crippen LogP contribution in [0.2, 0.25) is 0 Å². The molecule has 0 aliphatic heterocycles. The van der Waals surface area contributed by atoms with Crippen molar-refractivity contribution in [2.75, 3.05) is 0 Å². The number of nitrogens with zero attached hydrogens (tertiary/aromatic N) is 2. The number of hydrogen-bond donors (Lipinski definition) is 1. The summed E-state index contributed by atoms with van der Waals surface area (Å²) in [5.41, 5.74) is 0. The lowest BCUT2D eigenvalue weighted by molar-refractivity contribution is 0.362. The van der Waals surface area contributed by atoms with Crippen LogP contribution in [-0.4, -0.2) is 9.55 Å². The van der Waals surface area contributed by atoms with Crippen molar-refractivity contribution in [3.8, 4) is 0 Å². The van der Waals surface area contributed by atoms with Crippen LogP contribution in [0.25, 0.3) is 0 Å². The third kappa shape index (κ3) is 2.78. The minimum absolute atomic E-state index is 0.0468. The molecule has 0 saturated carbocycles. The van der Waals surface area contributed by atoms with Crippen molar-refractivity contribution in [2.24, 2.45) is 7.05 Å². The number of aryl methyl sites for hydroxylation is 2. The Labute approximate surface area is 123 Å². The third-order valence-corrected chi connectivity index (χ3v) is 3.55. The molecule has 21 heavy (non-hydrogen) atoms. The van der Waals surface area contributed by atoms with Crippen molar-refractivity contribution < 1.29 is 8.83 Å². The number of hydrogen-bond acceptors (Lipinski definition) is 4. The summed E-state index contributed by atoms with van der Waals surface area (Å²) in [7, 11) is 1.97. The van der Waals surface area contributed by atoms with Gasteiger partial charge in [-0.2, -0.15) is 0 Å². The lowest BCUT2D eigenvalue weighted by Crippen LogP contribution is -2.27. The van der Waals surface area contributed by atoms with Crippen molar-refractivity contribution in [3.05, 3.63) is 66.0 Å². The maximum absolute atomic E-state index is 5.69. The summed E-state index contributed by atoms with van der Waals surface area (Å²) in [5, 5.41) is 3.52. The Kier molecular flexibility index (Phi) is 3.66. The van der Waals surface area contributed by atoms with Gasteiger partial charge in [-0.1, -0.05) is 0 Å². The zero-order valence-electron chi connectivity index (χ0n) is 12.4. The van der Waals surface area contributed by atoms with Gasteiger partial charge in [0.2, 0.25) is 0 Å². The molecule has 3 heterocycles. The quantitative estimate of drug-likeness (QED) is 0.781.